The molecule has 2 rings (SSSR count). The summed E-state index contributed by atoms with van der Waals surface area (Å²) in [5.74, 6) is -0.295. The van der Waals surface area contributed by atoms with Gasteiger partial charge in [0.25, 0.3) is 0 Å². The average Bonchev–Trinajstić information content (AvgIpc) is 2.19. The number of hydrogen-bond acceptors (Lipinski definition) is 2. The summed E-state index contributed by atoms with van der Waals surface area (Å²) in [5.41, 5.74) is 8.87. The lowest BCUT2D eigenvalue weighted by Gasteiger charge is -2.10. The minimum atomic E-state index is -0.295. The van der Waals surface area contributed by atoms with Crippen molar-refractivity contribution in [1.29, 1.82) is 0 Å². The van der Waals surface area contributed by atoms with Gasteiger partial charge in [-0.3, -0.25) is 4.98 Å². The number of pyridine rings is 1. The zero-order chi connectivity index (χ0) is 11.9. The largest absolute Gasteiger partial charge is 0.324 e. The van der Waals surface area contributed by atoms with Gasteiger partial charge in [-0.25, -0.2) is 4.39 Å². The molecule has 0 aliphatic carbocycles. The van der Waals surface area contributed by atoms with E-state index < -0.39 is 0 Å². The number of nitrogens with zero attached hydrogens (tertiary/aromatic N) is 1. The molecule has 1 aromatic carbocycles. The lowest BCUT2D eigenvalue weighted by molar-refractivity contribution is 0.631. The number of rotatable bonds is 1. The maximum atomic E-state index is 13.8. The predicted octanol–water partition coefficient (Wildman–Crippen LogP) is 3.01. The highest BCUT2D eigenvalue weighted by molar-refractivity contribution is 5.83. The highest BCUT2D eigenvalue weighted by atomic mass is 19.1. The molecule has 0 spiro atoms. The van der Waals surface area contributed by atoms with Gasteiger partial charge in [-0.05, 0) is 50.1 Å². The zero-order valence-electron chi connectivity index (χ0n) is 9.71. The zero-order valence-corrected chi connectivity index (χ0v) is 9.71. The Morgan fingerprint density at radius 2 is 1.94 bits per heavy atom. The number of fused-ring (bicyclic) bond motifs is 1. The molecule has 0 fully saturated rings. The van der Waals surface area contributed by atoms with Crippen LogP contribution in [0.25, 0.3) is 10.9 Å². The van der Waals surface area contributed by atoms with E-state index in [0.29, 0.717) is 5.52 Å². The summed E-state index contributed by atoms with van der Waals surface area (Å²) in [6.07, 6.45) is 0. The molecule has 0 saturated carbocycles. The van der Waals surface area contributed by atoms with Gasteiger partial charge in [-0.1, -0.05) is 0 Å². The number of hydrogen-bond donors (Lipinski definition) is 1. The van der Waals surface area contributed by atoms with Crippen LogP contribution >= 0.6 is 0 Å². The fraction of sp³-hybridized carbons (Fsp3) is 0.308. The summed E-state index contributed by atoms with van der Waals surface area (Å²) < 4.78 is 13.8. The topological polar surface area (TPSA) is 38.9 Å². The monoisotopic (exact) mass is 218 g/mol. The van der Waals surface area contributed by atoms with Gasteiger partial charge in [0.2, 0.25) is 0 Å². The molecule has 0 aliphatic rings. The molecule has 0 bridgehead atoms. The SMILES string of the molecule is Cc1cc(C)c2cc(C(C)N)cc(F)c2n1. The third kappa shape index (κ3) is 1.78. The van der Waals surface area contributed by atoms with Gasteiger partial charge in [0.1, 0.15) is 11.3 Å². The van der Waals surface area contributed by atoms with Gasteiger partial charge in [-0.2, -0.15) is 0 Å². The van der Waals surface area contributed by atoms with Crippen LogP contribution in [0.5, 0.6) is 0 Å². The van der Waals surface area contributed by atoms with E-state index in [4.69, 9.17) is 5.73 Å². The Bertz CT molecular complexity index is 547. The number of aromatic nitrogens is 1. The molecule has 1 aromatic heterocycles. The first-order valence-electron chi connectivity index (χ1n) is 5.32. The Hall–Kier alpha value is -1.48. The maximum absolute atomic E-state index is 13.8. The molecule has 2 N–H and O–H groups in total. The van der Waals surface area contributed by atoms with Crippen LogP contribution in [0.4, 0.5) is 4.39 Å². The van der Waals surface area contributed by atoms with Gasteiger partial charge >= 0.3 is 0 Å². The molecule has 1 heterocycles. The molecule has 0 radical (unpaired) electrons. The summed E-state index contributed by atoms with van der Waals surface area (Å²) in [6, 6.07) is 5.18. The van der Waals surface area contributed by atoms with Crippen LogP contribution in [0.15, 0.2) is 18.2 Å². The standard InChI is InChI=1S/C13H15FN2/c1-7-4-8(2)16-13-11(7)5-10(9(3)15)6-12(13)14/h4-6,9H,15H2,1-3H3. The van der Waals surface area contributed by atoms with E-state index in [2.05, 4.69) is 4.98 Å². The van der Waals surface area contributed by atoms with E-state index in [1.54, 1.807) is 0 Å². The van der Waals surface area contributed by atoms with E-state index >= 15 is 0 Å². The molecular formula is C13H15FN2. The van der Waals surface area contributed by atoms with E-state index in [0.717, 1.165) is 22.2 Å². The molecule has 0 aliphatic heterocycles. The first kappa shape index (κ1) is 11.0. The van der Waals surface area contributed by atoms with Crippen molar-refractivity contribution in [1.82, 2.24) is 4.98 Å². The van der Waals surface area contributed by atoms with Gasteiger partial charge in [-0.15, -0.1) is 0 Å². The molecule has 16 heavy (non-hydrogen) atoms. The highest BCUT2D eigenvalue weighted by Crippen LogP contribution is 2.24. The molecule has 1 unspecified atom stereocenters. The maximum Gasteiger partial charge on any atom is 0.149 e. The molecule has 0 amide bonds. The van der Waals surface area contributed by atoms with Crippen molar-refractivity contribution in [3.8, 4) is 0 Å². The number of benzene rings is 1. The van der Waals surface area contributed by atoms with Crippen LogP contribution in [-0.4, -0.2) is 4.98 Å². The van der Waals surface area contributed by atoms with Crippen molar-refractivity contribution in [3.05, 3.63) is 40.8 Å². The van der Waals surface area contributed by atoms with Crippen LogP contribution in [-0.2, 0) is 0 Å². The molecule has 0 saturated heterocycles. The van der Waals surface area contributed by atoms with Gasteiger partial charge in [0.05, 0.1) is 0 Å². The van der Waals surface area contributed by atoms with Crippen molar-refractivity contribution in [2.24, 2.45) is 5.73 Å². The molecule has 3 heteroatoms. The van der Waals surface area contributed by atoms with Crippen LogP contribution in [0.3, 0.4) is 0 Å². The van der Waals surface area contributed by atoms with Crippen LogP contribution < -0.4 is 5.73 Å². The molecule has 1 atom stereocenters. The van der Waals surface area contributed by atoms with Crippen LogP contribution in [0.1, 0.15) is 29.8 Å². The van der Waals surface area contributed by atoms with Crippen molar-refractivity contribution >= 4 is 10.9 Å². The smallest absolute Gasteiger partial charge is 0.149 e. The summed E-state index contributed by atoms with van der Waals surface area (Å²) >= 11 is 0. The minimum Gasteiger partial charge on any atom is -0.324 e. The van der Waals surface area contributed by atoms with Gasteiger partial charge < -0.3 is 5.73 Å². The van der Waals surface area contributed by atoms with Gasteiger partial charge in [0.15, 0.2) is 0 Å². The minimum absolute atomic E-state index is 0.167. The van der Waals surface area contributed by atoms with Crippen LogP contribution in [0.2, 0.25) is 0 Å². The van der Waals surface area contributed by atoms with E-state index in [1.165, 1.54) is 6.07 Å². The summed E-state index contributed by atoms with van der Waals surface area (Å²) in [7, 11) is 0. The number of nitrogens with two attached hydrogens (primary N) is 1. The molecule has 2 nitrogen and oxygen atoms in total. The molecule has 2 aromatic rings. The predicted molar refractivity (Wildman–Crippen MR) is 63.8 cm³/mol. The Kier molecular flexibility index (Phi) is 2.64. The number of halogens is 1. The Morgan fingerprint density at radius 3 is 2.56 bits per heavy atom. The fourth-order valence-corrected chi connectivity index (χ4v) is 1.90. The summed E-state index contributed by atoms with van der Waals surface area (Å²) in [5, 5.41) is 0.845. The van der Waals surface area contributed by atoms with Gasteiger partial charge in [0, 0.05) is 17.1 Å². The van der Waals surface area contributed by atoms with Crippen molar-refractivity contribution in [2.75, 3.05) is 0 Å². The van der Waals surface area contributed by atoms with E-state index in [1.807, 2.05) is 32.9 Å². The average molecular weight is 218 g/mol. The van der Waals surface area contributed by atoms with Crippen molar-refractivity contribution in [2.45, 2.75) is 26.8 Å². The second kappa shape index (κ2) is 3.83. The quantitative estimate of drug-likeness (QED) is 0.799. The fourth-order valence-electron chi connectivity index (χ4n) is 1.90. The molecular weight excluding hydrogens is 203 g/mol. The first-order valence-corrected chi connectivity index (χ1v) is 5.32. The lowest BCUT2D eigenvalue weighted by atomic mass is 10.0. The van der Waals surface area contributed by atoms with Crippen molar-refractivity contribution < 1.29 is 4.39 Å². The van der Waals surface area contributed by atoms with E-state index in [9.17, 15) is 4.39 Å². The summed E-state index contributed by atoms with van der Waals surface area (Å²) in [4.78, 5) is 4.22. The Balaban J connectivity index is 2.82. The van der Waals surface area contributed by atoms with Crippen LogP contribution in [0, 0.1) is 19.7 Å². The summed E-state index contributed by atoms with van der Waals surface area (Å²) in [6.45, 7) is 5.67. The second-order valence-electron chi connectivity index (χ2n) is 4.27. The lowest BCUT2D eigenvalue weighted by Crippen LogP contribution is -2.06. The Morgan fingerprint density at radius 1 is 1.25 bits per heavy atom. The number of aryl methyl sites for hydroxylation is 2. The highest BCUT2D eigenvalue weighted by Gasteiger charge is 2.10. The van der Waals surface area contributed by atoms with E-state index in [-0.39, 0.29) is 11.9 Å². The Labute approximate surface area is 94.3 Å². The third-order valence-corrected chi connectivity index (χ3v) is 2.75. The second-order valence-corrected chi connectivity index (χ2v) is 4.27. The normalized spacial score (nSPS) is 13.1. The van der Waals surface area contributed by atoms with Crippen molar-refractivity contribution in [3.63, 3.8) is 0 Å². The first-order chi connectivity index (χ1) is 7.49. The third-order valence-electron chi connectivity index (χ3n) is 2.75. The molecule has 84 valence electrons.